The molecule has 31 heavy (non-hydrogen) atoms. The molecule has 0 aliphatic heterocycles. The van der Waals surface area contributed by atoms with E-state index in [4.69, 9.17) is 10.5 Å². The maximum atomic E-state index is 12.0. The summed E-state index contributed by atoms with van der Waals surface area (Å²) < 4.78 is 5.85. The summed E-state index contributed by atoms with van der Waals surface area (Å²) in [5.41, 5.74) is 8.99. The number of hydrogen-bond donors (Lipinski definition) is 3. The van der Waals surface area contributed by atoms with Crippen LogP contribution >= 0.6 is 0 Å². The van der Waals surface area contributed by atoms with Crippen LogP contribution in [0.1, 0.15) is 16.1 Å². The predicted octanol–water partition coefficient (Wildman–Crippen LogP) is 4.83. The highest BCUT2D eigenvalue weighted by Crippen LogP contribution is 2.33. The highest BCUT2D eigenvalue weighted by atomic mass is 16.5. The van der Waals surface area contributed by atoms with Gasteiger partial charge in [0.05, 0.1) is 11.3 Å². The number of allylic oxidation sites excluding steroid dienone is 1. The highest BCUT2D eigenvalue weighted by Gasteiger charge is 2.14. The number of carbonyl (C=O) groups excluding carboxylic acids is 1. The Morgan fingerprint density at radius 2 is 1.81 bits per heavy atom. The number of ketones is 1. The molecule has 7 heteroatoms. The molecule has 4 rings (SSSR count). The Morgan fingerprint density at radius 1 is 1.06 bits per heavy atom. The number of nitrogens with zero attached hydrogens (tertiary/aromatic N) is 2. The zero-order chi connectivity index (χ0) is 21.6. The number of aromatic amines is 1. The van der Waals surface area contributed by atoms with Gasteiger partial charge in [-0.1, -0.05) is 36.9 Å². The van der Waals surface area contributed by atoms with Crippen LogP contribution in [0.5, 0.6) is 11.5 Å². The van der Waals surface area contributed by atoms with E-state index >= 15 is 0 Å². The van der Waals surface area contributed by atoms with E-state index < -0.39 is 0 Å². The third-order valence-electron chi connectivity index (χ3n) is 4.71. The molecule has 2 heterocycles. The molecule has 0 fully saturated rings. The predicted molar refractivity (Wildman–Crippen MR) is 121 cm³/mol. The summed E-state index contributed by atoms with van der Waals surface area (Å²) in [6.07, 6.45) is 4.40. The molecule has 4 aromatic rings. The van der Waals surface area contributed by atoms with Crippen molar-refractivity contribution in [3.8, 4) is 22.6 Å². The van der Waals surface area contributed by atoms with E-state index in [1.165, 1.54) is 12.4 Å². The minimum absolute atomic E-state index is 0.168. The number of ether oxygens (including phenoxy) is 1. The van der Waals surface area contributed by atoms with Gasteiger partial charge in [0, 0.05) is 18.3 Å². The lowest BCUT2D eigenvalue weighted by Crippen LogP contribution is -2.08. The van der Waals surface area contributed by atoms with Gasteiger partial charge in [-0.2, -0.15) is 0 Å². The Labute approximate surface area is 179 Å². The molecule has 0 aliphatic carbocycles. The van der Waals surface area contributed by atoms with Crippen LogP contribution < -0.4 is 15.8 Å². The minimum atomic E-state index is -0.168. The molecule has 0 bridgehead atoms. The SMILES string of the molecule is C=CC(=O)c1[nH]ccc1CNc1ncnc(N)c1-c1ccc(Oc2ccccc2)cc1. The highest BCUT2D eigenvalue weighted by molar-refractivity contribution is 6.03. The number of carbonyl (C=O) groups is 1. The zero-order valence-corrected chi connectivity index (χ0v) is 16.7. The first-order valence-electron chi connectivity index (χ1n) is 9.66. The van der Waals surface area contributed by atoms with Crippen LogP contribution in [-0.4, -0.2) is 20.7 Å². The van der Waals surface area contributed by atoms with E-state index in [1.807, 2.05) is 60.7 Å². The zero-order valence-electron chi connectivity index (χ0n) is 16.7. The molecule has 0 radical (unpaired) electrons. The maximum Gasteiger partial charge on any atom is 0.201 e. The average molecular weight is 411 g/mol. The minimum Gasteiger partial charge on any atom is -0.457 e. The van der Waals surface area contributed by atoms with Gasteiger partial charge < -0.3 is 20.8 Å². The summed E-state index contributed by atoms with van der Waals surface area (Å²) in [4.78, 5) is 23.4. The number of hydrogen-bond acceptors (Lipinski definition) is 6. The third-order valence-corrected chi connectivity index (χ3v) is 4.71. The fourth-order valence-corrected chi connectivity index (χ4v) is 3.19. The van der Waals surface area contributed by atoms with Gasteiger partial charge in [-0.3, -0.25) is 4.79 Å². The monoisotopic (exact) mass is 411 g/mol. The molecule has 0 atom stereocenters. The molecule has 0 aliphatic rings. The fourth-order valence-electron chi connectivity index (χ4n) is 3.19. The first-order chi connectivity index (χ1) is 15.2. The van der Waals surface area contributed by atoms with E-state index in [1.54, 1.807) is 6.20 Å². The van der Waals surface area contributed by atoms with E-state index in [-0.39, 0.29) is 5.78 Å². The number of H-pyrrole nitrogens is 1. The summed E-state index contributed by atoms with van der Waals surface area (Å²) in [7, 11) is 0. The normalized spacial score (nSPS) is 10.5. The molecular weight excluding hydrogens is 390 g/mol. The molecule has 0 amide bonds. The number of nitrogens with one attached hydrogen (secondary N) is 2. The summed E-state index contributed by atoms with van der Waals surface area (Å²) in [5.74, 6) is 2.22. The lowest BCUT2D eigenvalue weighted by molar-refractivity contribution is 0.104. The Hall–Kier alpha value is -4.39. The lowest BCUT2D eigenvalue weighted by atomic mass is 10.1. The van der Waals surface area contributed by atoms with Crippen molar-refractivity contribution in [1.82, 2.24) is 15.0 Å². The largest absolute Gasteiger partial charge is 0.457 e. The fraction of sp³-hybridized carbons (Fsp3) is 0.0417. The molecule has 7 nitrogen and oxygen atoms in total. The van der Waals surface area contributed by atoms with Crippen molar-refractivity contribution < 1.29 is 9.53 Å². The van der Waals surface area contributed by atoms with Gasteiger partial charge in [-0.05, 0) is 42.0 Å². The molecule has 0 saturated carbocycles. The van der Waals surface area contributed by atoms with Gasteiger partial charge in [-0.15, -0.1) is 0 Å². The molecule has 0 spiro atoms. The number of rotatable bonds is 8. The van der Waals surface area contributed by atoms with Gasteiger partial charge in [-0.25, -0.2) is 9.97 Å². The third kappa shape index (κ3) is 4.45. The molecule has 0 saturated heterocycles. The Balaban J connectivity index is 1.56. The van der Waals surface area contributed by atoms with Crippen molar-refractivity contribution in [3.05, 3.63) is 97.1 Å². The number of benzene rings is 2. The van der Waals surface area contributed by atoms with Crippen LogP contribution in [0.2, 0.25) is 0 Å². The van der Waals surface area contributed by atoms with E-state index in [9.17, 15) is 4.79 Å². The van der Waals surface area contributed by atoms with Crippen molar-refractivity contribution in [2.24, 2.45) is 0 Å². The molecule has 0 unspecified atom stereocenters. The average Bonchev–Trinajstić information content (AvgIpc) is 3.27. The standard InChI is InChI=1S/C24H21N5O2/c1-2-20(30)22-17(12-13-26-22)14-27-24-21(23(25)28-15-29-24)16-8-10-19(11-9-16)31-18-6-4-3-5-7-18/h2-13,15,26H,1,14H2,(H3,25,27,28,29). The summed E-state index contributed by atoms with van der Waals surface area (Å²) >= 11 is 0. The van der Waals surface area contributed by atoms with Gasteiger partial charge in [0.25, 0.3) is 0 Å². The van der Waals surface area contributed by atoms with Crippen LogP contribution in [0, 0.1) is 0 Å². The Morgan fingerprint density at radius 3 is 2.55 bits per heavy atom. The maximum absolute atomic E-state index is 12.0. The second-order valence-corrected chi connectivity index (χ2v) is 6.72. The van der Waals surface area contributed by atoms with Gasteiger partial charge in [0.1, 0.15) is 29.5 Å². The smallest absolute Gasteiger partial charge is 0.201 e. The van der Waals surface area contributed by atoms with Crippen LogP contribution in [-0.2, 0) is 6.54 Å². The number of nitrogen functional groups attached to an aromatic ring is 1. The van der Waals surface area contributed by atoms with Gasteiger partial charge in [0.15, 0.2) is 0 Å². The van der Waals surface area contributed by atoms with E-state index in [0.717, 1.165) is 16.9 Å². The van der Waals surface area contributed by atoms with Gasteiger partial charge in [0.2, 0.25) is 5.78 Å². The van der Waals surface area contributed by atoms with Crippen molar-refractivity contribution in [1.29, 1.82) is 0 Å². The molecule has 154 valence electrons. The molecular formula is C24H21N5O2. The molecule has 4 N–H and O–H groups in total. The summed E-state index contributed by atoms with van der Waals surface area (Å²) in [6.45, 7) is 3.92. The Bertz CT molecular complexity index is 1200. The first kappa shape index (κ1) is 19.9. The van der Waals surface area contributed by atoms with E-state index in [0.29, 0.717) is 35.2 Å². The van der Waals surface area contributed by atoms with Gasteiger partial charge >= 0.3 is 0 Å². The van der Waals surface area contributed by atoms with Crippen molar-refractivity contribution in [2.75, 3.05) is 11.1 Å². The van der Waals surface area contributed by atoms with Crippen LogP contribution in [0.15, 0.2) is 85.8 Å². The number of anilines is 2. The summed E-state index contributed by atoms with van der Waals surface area (Å²) in [5, 5.41) is 3.26. The van der Waals surface area contributed by atoms with Crippen molar-refractivity contribution >= 4 is 17.4 Å². The summed E-state index contributed by atoms with van der Waals surface area (Å²) in [6, 6.07) is 18.9. The number of para-hydroxylation sites is 1. The topological polar surface area (TPSA) is 106 Å². The molecule has 2 aromatic carbocycles. The molecule has 2 aromatic heterocycles. The first-order valence-corrected chi connectivity index (χ1v) is 9.66. The second-order valence-electron chi connectivity index (χ2n) is 6.72. The van der Waals surface area contributed by atoms with Crippen LogP contribution in [0.4, 0.5) is 11.6 Å². The van der Waals surface area contributed by atoms with Crippen molar-refractivity contribution in [2.45, 2.75) is 6.54 Å². The Kier molecular flexibility index (Phi) is 5.75. The van der Waals surface area contributed by atoms with E-state index in [2.05, 4.69) is 26.8 Å². The number of aromatic nitrogens is 3. The quantitative estimate of drug-likeness (QED) is 0.283. The van der Waals surface area contributed by atoms with Crippen LogP contribution in [0.3, 0.4) is 0 Å². The van der Waals surface area contributed by atoms with Crippen molar-refractivity contribution in [3.63, 3.8) is 0 Å². The number of nitrogens with two attached hydrogens (primary N) is 1. The second kappa shape index (κ2) is 8.96. The van der Waals surface area contributed by atoms with Crippen LogP contribution in [0.25, 0.3) is 11.1 Å². The lowest BCUT2D eigenvalue weighted by Gasteiger charge is -2.13.